The summed E-state index contributed by atoms with van der Waals surface area (Å²) in [5, 5.41) is 14.5. The molecule has 0 spiro atoms. The van der Waals surface area contributed by atoms with E-state index in [0.717, 1.165) is 34.7 Å². The van der Waals surface area contributed by atoms with Gasteiger partial charge in [0.25, 0.3) is 5.56 Å². The summed E-state index contributed by atoms with van der Waals surface area (Å²) in [6.45, 7) is 0. The summed E-state index contributed by atoms with van der Waals surface area (Å²) >= 11 is 2.84. The standard InChI is InChI=1S/C25H25N3O3S2/c1-27-17-2-3-18(27)11-20(10-17)31-19-6-4-16(5-7-19)28-14-26-21-12-22(33-24(21)25(28)30)23(29)15-8-9-32-13-15/h4-9,12-14,17-18,20,23,29H,2-3,10-11H2,1H3/t17-,18+,20+,23?. The van der Waals surface area contributed by atoms with Crippen LogP contribution in [-0.2, 0) is 0 Å². The van der Waals surface area contributed by atoms with Crippen LogP contribution in [0.4, 0.5) is 0 Å². The van der Waals surface area contributed by atoms with Gasteiger partial charge in [0.2, 0.25) is 0 Å². The second-order valence-electron chi connectivity index (χ2n) is 9.00. The third kappa shape index (κ3) is 3.81. The molecule has 2 aliphatic rings. The molecule has 0 saturated carbocycles. The number of rotatable bonds is 5. The van der Waals surface area contributed by atoms with Crippen molar-refractivity contribution in [3.05, 3.63) is 74.3 Å². The second kappa shape index (κ2) is 8.36. The number of aliphatic hydroxyl groups excluding tert-OH is 1. The van der Waals surface area contributed by atoms with Crippen LogP contribution in [0.1, 0.15) is 42.2 Å². The fourth-order valence-corrected chi connectivity index (χ4v) is 6.91. The van der Waals surface area contributed by atoms with Crippen LogP contribution >= 0.6 is 22.7 Å². The van der Waals surface area contributed by atoms with Crippen LogP contribution in [0.15, 0.2) is 58.3 Å². The molecule has 4 atom stereocenters. The molecule has 2 saturated heterocycles. The van der Waals surface area contributed by atoms with Crippen molar-refractivity contribution >= 4 is 32.9 Å². The van der Waals surface area contributed by atoms with Crippen LogP contribution in [0.3, 0.4) is 0 Å². The monoisotopic (exact) mass is 479 g/mol. The van der Waals surface area contributed by atoms with E-state index in [2.05, 4.69) is 16.9 Å². The minimum Gasteiger partial charge on any atom is -0.490 e. The fraction of sp³-hybridized carbons (Fsp3) is 0.360. The Kier molecular flexibility index (Phi) is 5.33. The van der Waals surface area contributed by atoms with E-state index in [-0.39, 0.29) is 11.7 Å². The molecule has 0 amide bonds. The van der Waals surface area contributed by atoms with Gasteiger partial charge < -0.3 is 14.7 Å². The molecule has 1 aromatic carbocycles. The van der Waals surface area contributed by atoms with E-state index >= 15 is 0 Å². The van der Waals surface area contributed by atoms with Crippen molar-refractivity contribution < 1.29 is 9.84 Å². The Morgan fingerprint density at radius 1 is 1.15 bits per heavy atom. The Morgan fingerprint density at radius 3 is 2.61 bits per heavy atom. The summed E-state index contributed by atoms with van der Waals surface area (Å²) in [5.41, 5.74) is 2.07. The van der Waals surface area contributed by atoms with Crippen molar-refractivity contribution in [1.29, 1.82) is 0 Å². The van der Waals surface area contributed by atoms with Crippen LogP contribution in [-0.4, -0.2) is 44.8 Å². The number of aliphatic hydroxyl groups is 1. The first-order valence-electron chi connectivity index (χ1n) is 11.3. The molecule has 1 N–H and O–H groups in total. The summed E-state index contributed by atoms with van der Waals surface area (Å²) < 4.78 is 8.39. The quantitative estimate of drug-likeness (QED) is 0.453. The molecule has 6 rings (SSSR count). The molecule has 0 aliphatic carbocycles. The van der Waals surface area contributed by atoms with Crippen LogP contribution in [0.5, 0.6) is 5.75 Å². The average molecular weight is 480 g/mol. The number of benzene rings is 1. The lowest BCUT2D eigenvalue weighted by Gasteiger charge is -2.36. The van der Waals surface area contributed by atoms with Gasteiger partial charge in [0.05, 0.1) is 11.2 Å². The van der Waals surface area contributed by atoms with Gasteiger partial charge in [-0.05, 0) is 85.5 Å². The van der Waals surface area contributed by atoms with Crippen molar-refractivity contribution in [3.8, 4) is 11.4 Å². The maximum atomic E-state index is 13.2. The predicted octanol–water partition coefficient (Wildman–Crippen LogP) is 4.59. The van der Waals surface area contributed by atoms with Crippen molar-refractivity contribution in [1.82, 2.24) is 14.5 Å². The molecule has 2 bridgehead atoms. The molecule has 6 nitrogen and oxygen atoms in total. The predicted molar refractivity (Wildman–Crippen MR) is 132 cm³/mol. The SMILES string of the molecule is CN1[C@@H]2CC[C@H]1C[C@@H](Oc1ccc(-n3cnc4cc(C(O)c5ccsc5)sc4c3=O)cc1)C2. The number of hydrogen-bond donors (Lipinski definition) is 1. The Hall–Kier alpha value is -2.52. The molecule has 33 heavy (non-hydrogen) atoms. The topological polar surface area (TPSA) is 67.6 Å². The van der Waals surface area contributed by atoms with E-state index in [9.17, 15) is 9.90 Å². The van der Waals surface area contributed by atoms with Crippen LogP contribution < -0.4 is 10.3 Å². The largest absolute Gasteiger partial charge is 0.490 e. The molecule has 5 heterocycles. The zero-order valence-corrected chi connectivity index (χ0v) is 19.9. The Bertz CT molecular complexity index is 1320. The van der Waals surface area contributed by atoms with Gasteiger partial charge in [0, 0.05) is 17.0 Å². The van der Waals surface area contributed by atoms with Crippen molar-refractivity contribution in [2.45, 2.75) is 50.0 Å². The van der Waals surface area contributed by atoms with Crippen LogP contribution in [0, 0.1) is 0 Å². The van der Waals surface area contributed by atoms with Crippen molar-refractivity contribution in [3.63, 3.8) is 0 Å². The molecular formula is C25H25N3O3S2. The molecule has 170 valence electrons. The van der Waals surface area contributed by atoms with Gasteiger partial charge in [-0.15, -0.1) is 11.3 Å². The first-order chi connectivity index (χ1) is 16.1. The van der Waals surface area contributed by atoms with Gasteiger partial charge in [-0.25, -0.2) is 4.98 Å². The molecule has 1 unspecified atom stereocenters. The summed E-state index contributed by atoms with van der Waals surface area (Å²) in [4.78, 5) is 20.9. The zero-order chi connectivity index (χ0) is 22.5. The number of piperidine rings is 1. The first-order valence-corrected chi connectivity index (χ1v) is 13.0. The normalized spacial score (nSPS) is 23.8. The third-order valence-corrected chi connectivity index (χ3v) is 8.92. The maximum absolute atomic E-state index is 13.2. The molecule has 4 aromatic rings. The molecule has 8 heteroatoms. The zero-order valence-electron chi connectivity index (χ0n) is 18.3. The average Bonchev–Trinajstić information content (AvgIpc) is 3.54. The Labute approximate surface area is 199 Å². The van der Waals surface area contributed by atoms with Crippen LogP contribution in [0.2, 0.25) is 0 Å². The number of fused-ring (bicyclic) bond motifs is 3. The minimum absolute atomic E-state index is 0.130. The van der Waals surface area contributed by atoms with Gasteiger partial charge in [-0.2, -0.15) is 11.3 Å². The molecule has 2 fully saturated rings. The first kappa shape index (κ1) is 21.0. The van der Waals surface area contributed by atoms with Crippen LogP contribution in [0.25, 0.3) is 15.9 Å². The molecule has 0 radical (unpaired) electrons. The van der Waals surface area contributed by atoms with Gasteiger partial charge in [-0.1, -0.05) is 0 Å². The van der Waals surface area contributed by atoms with Crippen molar-refractivity contribution in [2.75, 3.05) is 7.05 Å². The van der Waals surface area contributed by atoms with E-state index in [1.165, 1.54) is 35.5 Å². The van der Waals surface area contributed by atoms with Gasteiger partial charge in [0.15, 0.2) is 0 Å². The van der Waals surface area contributed by atoms with E-state index in [0.29, 0.717) is 22.3 Å². The van der Waals surface area contributed by atoms with E-state index in [4.69, 9.17) is 4.74 Å². The number of nitrogens with zero attached hydrogens (tertiary/aromatic N) is 3. The lowest BCUT2D eigenvalue weighted by Crippen LogP contribution is -2.43. The third-order valence-electron chi connectivity index (χ3n) is 7.06. The summed E-state index contributed by atoms with van der Waals surface area (Å²) in [6.07, 6.45) is 5.77. The highest BCUT2D eigenvalue weighted by atomic mass is 32.1. The van der Waals surface area contributed by atoms with E-state index in [1.807, 2.05) is 41.1 Å². The smallest absolute Gasteiger partial charge is 0.275 e. The lowest BCUT2D eigenvalue weighted by molar-refractivity contribution is 0.0662. The highest BCUT2D eigenvalue weighted by Crippen LogP contribution is 2.36. The Morgan fingerprint density at radius 2 is 1.91 bits per heavy atom. The van der Waals surface area contributed by atoms with Crippen molar-refractivity contribution in [2.24, 2.45) is 0 Å². The fourth-order valence-electron chi connectivity index (χ4n) is 5.18. The highest BCUT2D eigenvalue weighted by Gasteiger charge is 2.39. The minimum atomic E-state index is -0.741. The van der Waals surface area contributed by atoms with Gasteiger partial charge >= 0.3 is 0 Å². The summed E-state index contributed by atoms with van der Waals surface area (Å²) in [6, 6.07) is 12.7. The lowest BCUT2D eigenvalue weighted by atomic mass is 10.0. The number of hydrogen-bond acceptors (Lipinski definition) is 7. The van der Waals surface area contributed by atoms with E-state index < -0.39 is 6.10 Å². The molecule has 3 aromatic heterocycles. The molecule has 2 aliphatic heterocycles. The second-order valence-corrected chi connectivity index (χ2v) is 10.9. The molecular weight excluding hydrogens is 454 g/mol. The summed E-state index contributed by atoms with van der Waals surface area (Å²) in [5.74, 6) is 0.840. The number of thiophene rings is 2. The summed E-state index contributed by atoms with van der Waals surface area (Å²) in [7, 11) is 2.23. The number of aromatic nitrogens is 2. The maximum Gasteiger partial charge on any atom is 0.275 e. The Balaban J connectivity index is 1.23. The highest BCUT2D eigenvalue weighted by molar-refractivity contribution is 7.19. The van der Waals surface area contributed by atoms with E-state index in [1.54, 1.807) is 17.0 Å². The number of ether oxygens (including phenoxy) is 1. The van der Waals surface area contributed by atoms with Gasteiger partial charge in [-0.3, -0.25) is 9.36 Å². The van der Waals surface area contributed by atoms with Gasteiger partial charge in [0.1, 0.15) is 29.0 Å².